The Labute approximate surface area is 74.9 Å². The Morgan fingerprint density at radius 3 is 2.75 bits per heavy atom. The number of aliphatic hydroxyl groups is 1. The lowest BCUT2D eigenvalue weighted by atomic mass is 9.81. The SMILES string of the molecule is C[C@@H](CO)C1CCOC(C)(C)C1. The molecular formula is C10H20O2. The van der Waals surface area contributed by atoms with Gasteiger partial charge in [0, 0.05) is 13.2 Å². The zero-order chi connectivity index (χ0) is 9.19. The minimum absolute atomic E-state index is 0.0202. The molecule has 0 saturated carbocycles. The molecule has 0 aromatic rings. The summed E-state index contributed by atoms with van der Waals surface area (Å²) in [6, 6.07) is 0. The first-order valence-electron chi connectivity index (χ1n) is 4.80. The summed E-state index contributed by atoms with van der Waals surface area (Å²) in [6.45, 7) is 7.53. The van der Waals surface area contributed by atoms with Crippen molar-refractivity contribution in [3.63, 3.8) is 0 Å². The Morgan fingerprint density at radius 1 is 1.58 bits per heavy atom. The van der Waals surface area contributed by atoms with E-state index in [1.807, 2.05) is 0 Å². The van der Waals surface area contributed by atoms with Crippen LogP contribution in [0, 0.1) is 11.8 Å². The van der Waals surface area contributed by atoms with Crippen LogP contribution in [-0.2, 0) is 4.74 Å². The summed E-state index contributed by atoms with van der Waals surface area (Å²) in [5.74, 6) is 1.06. The standard InChI is InChI=1S/C10H20O2/c1-8(7-11)9-4-5-12-10(2,3)6-9/h8-9,11H,4-7H2,1-3H3/t8-,9?/m0/s1. The van der Waals surface area contributed by atoms with E-state index in [0.29, 0.717) is 18.4 Å². The normalized spacial score (nSPS) is 31.5. The fourth-order valence-electron chi connectivity index (χ4n) is 1.91. The summed E-state index contributed by atoms with van der Waals surface area (Å²) in [6.07, 6.45) is 2.18. The minimum atomic E-state index is 0.0202. The molecule has 0 amide bonds. The van der Waals surface area contributed by atoms with Crippen LogP contribution in [0.3, 0.4) is 0 Å². The molecule has 0 aliphatic carbocycles. The van der Waals surface area contributed by atoms with Crippen molar-refractivity contribution in [1.82, 2.24) is 0 Å². The third-order valence-electron chi connectivity index (χ3n) is 2.83. The summed E-state index contributed by atoms with van der Waals surface area (Å²) >= 11 is 0. The van der Waals surface area contributed by atoms with Crippen molar-refractivity contribution in [3.05, 3.63) is 0 Å². The van der Waals surface area contributed by atoms with Gasteiger partial charge in [0.05, 0.1) is 5.60 Å². The van der Waals surface area contributed by atoms with Crippen LogP contribution in [0.1, 0.15) is 33.6 Å². The molecule has 0 bridgehead atoms. The first-order valence-corrected chi connectivity index (χ1v) is 4.80. The van der Waals surface area contributed by atoms with E-state index in [-0.39, 0.29) is 5.60 Å². The van der Waals surface area contributed by atoms with E-state index in [0.717, 1.165) is 19.4 Å². The van der Waals surface area contributed by atoms with Gasteiger partial charge in [0.25, 0.3) is 0 Å². The van der Waals surface area contributed by atoms with Gasteiger partial charge in [0.15, 0.2) is 0 Å². The van der Waals surface area contributed by atoms with Gasteiger partial charge in [0.1, 0.15) is 0 Å². The molecule has 1 N–H and O–H groups in total. The van der Waals surface area contributed by atoms with Crippen LogP contribution in [-0.4, -0.2) is 23.9 Å². The van der Waals surface area contributed by atoms with Crippen molar-refractivity contribution in [2.75, 3.05) is 13.2 Å². The van der Waals surface area contributed by atoms with Gasteiger partial charge in [-0.15, -0.1) is 0 Å². The number of hydrogen-bond acceptors (Lipinski definition) is 2. The molecule has 0 aromatic heterocycles. The molecule has 0 spiro atoms. The van der Waals surface area contributed by atoms with E-state index in [2.05, 4.69) is 20.8 Å². The van der Waals surface area contributed by atoms with E-state index in [4.69, 9.17) is 9.84 Å². The molecule has 2 heteroatoms. The van der Waals surface area contributed by atoms with Gasteiger partial charge in [0.2, 0.25) is 0 Å². The van der Waals surface area contributed by atoms with Crippen molar-refractivity contribution < 1.29 is 9.84 Å². The highest BCUT2D eigenvalue weighted by Gasteiger charge is 2.31. The lowest BCUT2D eigenvalue weighted by molar-refractivity contribution is -0.0844. The van der Waals surface area contributed by atoms with Crippen molar-refractivity contribution in [1.29, 1.82) is 0 Å². The fraction of sp³-hybridized carbons (Fsp3) is 1.00. The largest absolute Gasteiger partial charge is 0.396 e. The summed E-state index contributed by atoms with van der Waals surface area (Å²) in [5.41, 5.74) is 0.0202. The zero-order valence-corrected chi connectivity index (χ0v) is 8.34. The second kappa shape index (κ2) is 3.75. The van der Waals surface area contributed by atoms with Crippen LogP contribution < -0.4 is 0 Å². The Kier molecular flexibility index (Phi) is 3.13. The van der Waals surface area contributed by atoms with Crippen LogP contribution >= 0.6 is 0 Å². The molecule has 1 saturated heterocycles. The van der Waals surface area contributed by atoms with Crippen molar-refractivity contribution in [2.45, 2.75) is 39.2 Å². The second-order valence-corrected chi connectivity index (χ2v) is 4.52. The first-order chi connectivity index (χ1) is 5.55. The van der Waals surface area contributed by atoms with Crippen LogP contribution in [0.4, 0.5) is 0 Å². The Balaban J connectivity index is 2.46. The molecule has 1 aliphatic rings. The predicted octanol–water partition coefficient (Wildman–Crippen LogP) is 1.82. The van der Waals surface area contributed by atoms with Gasteiger partial charge in [-0.2, -0.15) is 0 Å². The minimum Gasteiger partial charge on any atom is -0.396 e. The van der Waals surface area contributed by atoms with Gasteiger partial charge in [-0.3, -0.25) is 0 Å². The monoisotopic (exact) mass is 172 g/mol. The highest BCUT2D eigenvalue weighted by Crippen LogP contribution is 2.32. The average Bonchev–Trinajstić information content (AvgIpc) is 2.01. The lowest BCUT2D eigenvalue weighted by Gasteiger charge is -2.37. The predicted molar refractivity (Wildman–Crippen MR) is 49.0 cm³/mol. The quantitative estimate of drug-likeness (QED) is 0.688. The van der Waals surface area contributed by atoms with E-state index >= 15 is 0 Å². The highest BCUT2D eigenvalue weighted by atomic mass is 16.5. The molecule has 1 heterocycles. The highest BCUT2D eigenvalue weighted by molar-refractivity contribution is 4.81. The lowest BCUT2D eigenvalue weighted by Crippen LogP contribution is -2.36. The average molecular weight is 172 g/mol. The maximum absolute atomic E-state index is 9.02. The summed E-state index contributed by atoms with van der Waals surface area (Å²) in [5, 5.41) is 9.02. The third kappa shape index (κ3) is 2.46. The maximum Gasteiger partial charge on any atom is 0.0629 e. The summed E-state index contributed by atoms with van der Waals surface area (Å²) < 4.78 is 5.61. The summed E-state index contributed by atoms with van der Waals surface area (Å²) in [7, 11) is 0. The van der Waals surface area contributed by atoms with Crippen molar-refractivity contribution in [3.8, 4) is 0 Å². The number of hydrogen-bond donors (Lipinski definition) is 1. The molecule has 0 aromatic carbocycles. The van der Waals surface area contributed by atoms with Crippen LogP contribution in [0.25, 0.3) is 0 Å². The Bertz CT molecular complexity index is 143. The van der Waals surface area contributed by atoms with Crippen LogP contribution in [0.2, 0.25) is 0 Å². The number of rotatable bonds is 2. The van der Waals surface area contributed by atoms with E-state index in [1.54, 1.807) is 0 Å². The smallest absolute Gasteiger partial charge is 0.0629 e. The Hall–Kier alpha value is -0.0800. The van der Waals surface area contributed by atoms with Crippen molar-refractivity contribution in [2.24, 2.45) is 11.8 Å². The Morgan fingerprint density at radius 2 is 2.25 bits per heavy atom. The zero-order valence-electron chi connectivity index (χ0n) is 8.34. The number of ether oxygens (including phenoxy) is 1. The summed E-state index contributed by atoms with van der Waals surface area (Å²) in [4.78, 5) is 0. The molecule has 2 atom stereocenters. The fourth-order valence-corrected chi connectivity index (χ4v) is 1.91. The van der Waals surface area contributed by atoms with Crippen LogP contribution in [0.15, 0.2) is 0 Å². The topological polar surface area (TPSA) is 29.5 Å². The van der Waals surface area contributed by atoms with Gasteiger partial charge in [-0.25, -0.2) is 0 Å². The van der Waals surface area contributed by atoms with Crippen molar-refractivity contribution >= 4 is 0 Å². The first kappa shape index (κ1) is 10.0. The molecule has 1 unspecified atom stereocenters. The van der Waals surface area contributed by atoms with E-state index in [1.165, 1.54) is 0 Å². The maximum atomic E-state index is 9.02. The third-order valence-corrected chi connectivity index (χ3v) is 2.83. The van der Waals surface area contributed by atoms with Gasteiger partial charge in [-0.1, -0.05) is 6.92 Å². The molecule has 2 nitrogen and oxygen atoms in total. The number of aliphatic hydroxyl groups excluding tert-OH is 1. The van der Waals surface area contributed by atoms with Gasteiger partial charge < -0.3 is 9.84 Å². The van der Waals surface area contributed by atoms with Gasteiger partial charge >= 0.3 is 0 Å². The second-order valence-electron chi connectivity index (χ2n) is 4.52. The molecule has 1 fully saturated rings. The molecule has 0 radical (unpaired) electrons. The van der Waals surface area contributed by atoms with Gasteiger partial charge in [-0.05, 0) is 38.5 Å². The molecule has 72 valence electrons. The molecule has 1 aliphatic heterocycles. The van der Waals surface area contributed by atoms with Crippen LogP contribution in [0.5, 0.6) is 0 Å². The molecule has 1 rings (SSSR count). The van der Waals surface area contributed by atoms with E-state index in [9.17, 15) is 0 Å². The van der Waals surface area contributed by atoms with E-state index < -0.39 is 0 Å². The molecule has 12 heavy (non-hydrogen) atoms. The molecular weight excluding hydrogens is 152 g/mol.